The predicted molar refractivity (Wildman–Crippen MR) is 84.8 cm³/mol. The highest BCUT2D eigenvalue weighted by molar-refractivity contribution is 5.92. The van der Waals surface area contributed by atoms with Crippen LogP contribution in [-0.4, -0.2) is 26.7 Å². The van der Waals surface area contributed by atoms with Crippen LogP contribution in [0.25, 0.3) is 0 Å². The van der Waals surface area contributed by atoms with Gasteiger partial charge in [-0.15, -0.1) is 0 Å². The number of nitrogens with one attached hydrogen (secondary N) is 1. The molecule has 0 unspecified atom stereocenters. The van der Waals surface area contributed by atoms with Crippen LogP contribution in [0.3, 0.4) is 0 Å². The molecule has 0 radical (unpaired) electrons. The first-order chi connectivity index (χ1) is 10.7. The predicted octanol–water partition coefficient (Wildman–Crippen LogP) is 3.03. The van der Waals surface area contributed by atoms with E-state index >= 15 is 0 Å². The van der Waals surface area contributed by atoms with Crippen molar-refractivity contribution < 1.29 is 19.0 Å². The van der Waals surface area contributed by atoms with Crippen LogP contribution in [0.5, 0.6) is 17.2 Å². The molecule has 1 amide bonds. The Balaban J connectivity index is 2.04. The van der Waals surface area contributed by atoms with E-state index in [4.69, 9.17) is 14.2 Å². The molecule has 2 rings (SSSR count). The van der Waals surface area contributed by atoms with Gasteiger partial charge in [-0.05, 0) is 30.7 Å². The number of amides is 1. The van der Waals surface area contributed by atoms with E-state index in [1.54, 1.807) is 18.2 Å². The summed E-state index contributed by atoms with van der Waals surface area (Å²) in [7, 11) is 3.07. The average Bonchev–Trinajstić information content (AvgIpc) is 2.54. The lowest BCUT2D eigenvalue weighted by molar-refractivity contribution is -0.118. The molecule has 2 aromatic carbocycles. The van der Waals surface area contributed by atoms with E-state index in [1.165, 1.54) is 14.2 Å². The molecule has 116 valence electrons. The summed E-state index contributed by atoms with van der Waals surface area (Å²) >= 11 is 0. The van der Waals surface area contributed by atoms with Gasteiger partial charge in [0.2, 0.25) is 5.75 Å². The molecule has 0 aliphatic heterocycles. The van der Waals surface area contributed by atoms with Crippen LogP contribution in [0.15, 0.2) is 42.5 Å². The molecule has 5 heteroatoms. The first kappa shape index (κ1) is 15.7. The van der Waals surface area contributed by atoms with Gasteiger partial charge in [0.15, 0.2) is 18.1 Å². The van der Waals surface area contributed by atoms with Crippen molar-refractivity contribution >= 4 is 11.6 Å². The summed E-state index contributed by atoms with van der Waals surface area (Å²) in [6.07, 6.45) is 0. The number of hydrogen-bond donors (Lipinski definition) is 1. The van der Waals surface area contributed by atoms with Crippen LogP contribution in [0.4, 0.5) is 5.69 Å². The van der Waals surface area contributed by atoms with Crippen molar-refractivity contribution in [3.05, 3.63) is 48.0 Å². The van der Waals surface area contributed by atoms with Crippen LogP contribution in [0.1, 0.15) is 5.56 Å². The number of benzene rings is 2. The molecular formula is C17H19NO4. The van der Waals surface area contributed by atoms with Crippen LogP contribution < -0.4 is 19.5 Å². The molecule has 0 saturated carbocycles. The smallest absolute Gasteiger partial charge is 0.262 e. The van der Waals surface area contributed by atoms with Gasteiger partial charge >= 0.3 is 0 Å². The molecular weight excluding hydrogens is 282 g/mol. The third kappa shape index (κ3) is 3.69. The summed E-state index contributed by atoms with van der Waals surface area (Å²) in [5, 5.41) is 2.81. The summed E-state index contributed by atoms with van der Waals surface area (Å²) in [5.74, 6) is 1.20. The number of carbonyl (C=O) groups is 1. The van der Waals surface area contributed by atoms with Gasteiger partial charge in [-0.2, -0.15) is 0 Å². The number of anilines is 1. The minimum atomic E-state index is -0.248. The van der Waals surface area contributed by atoms with E-state index in [-0.39, 0.29) is 12.5 Å². The molecule has 0 aromatic heterocycles. The second-order valence-electron chi connectivity index (χ2n) is 4.64. The van der Waals surface area contributed by atoms with Gasteiger partial charge in [0, 0.05) is 5.69 Å². The van der Waals surface area contributed by atoms with Crippen molar-refractivity contribution in [2.24, 2.45) is 0 Å². The molecule has 0 saturated heterocycles. The average molecular weight is 301 g/mol. The van der Waals surface area contributed by atoms with Crippen molar-refractivity contribution in [1.82, 2.24) is 0 Å². The highest BCUT2D eigenvalue weighted by atomic mass is 16.5. The monoisotopic (exact) mass is 301 g/mol. The third-order valence-corrected chi connectivity index (χ3v) is 3.15. The van der Waals surface area contributed by atoms with Gasteiger partial charge in [-0.3, -0.25) is 4.79 Å². The second-order valence-corrected chi connectivity index (χ2v) is 4.64. The van der Waals surface area contributed by atoms with E-state index in [1.807, 2.05) is 31.2 Å². The minimum absolute atomic E-state index is 0.134. The van der Waals surface area contributed by atoms with Gasteiger partial charge < -0.3 is 19.5 Å². The van der Waals surface area contributed by atoms with Crippen molar-refractivity contribution in [2.75, 3.05) is 26.1 Å². The van der Waals surface area contributed by atoms with E-state index in [0.717, 1.165) is 11.3 Å². The van der Waals surface area contributed by atoms with Gasteiger partial charge in [-0.25, -0.2) is 0 Å². The molecule has 0 spiro atoms. The summed E-state index contributed by atoms with van der Waals surface area (Å²) in [5.41, 5.74) is 1.76. The highest BCUT2D eigenvalue weighted by Crippen LogP contribution is 2.36. The van der Waals surface area contributed by atoms with Gasteiger partial charge in [0.1, 0.15) is 0 Å². The molecule has 1 N–H and O–H groups in total. The van der Waals surface area contributed by atoms with Crippen LogP contribution in [0, 0.1) is 6.92 Å². The number of hydrogen-bond acceptors (Lipinski definition) is 4. The number of carbonyl (C=O) groups excluding carboxylic acids is 1. The third-order valence-electron chi connectivity index (χ3n) is 3.15. The first-order valence-corrected chi connectivity index (χ1v) is 6.85. The molecule has 5 nitrogen and oxygen atoms in total. The quantitative estimate of drug-likeness (QED) is 0.891. The molecule has 0 fully saturated rings. The Morgan fingerprint density at radius 1 is 1.00 bits per heavy atom. The van der Waals surface area contributed by atoms with Crippen molar-refractivity contribution in [3.63, 3.8) is 0 Å². The Hall–Kier alpha value is -2.69. The maximum atomic E-state index is 12.0. The van der Waals surface area contributed by atoms with E-state index in [0.29, 0.717) is 17.2 Å². The Bertz CT molecular complexity index is 633. The molecule has 0 heterocycles. The Morgan fingerprint density at radius 2 is 1.64 bits per heavy atom. The molecule has 0 aliphatic carbocycles. The molecule has 0 bridgehead atoms. The lowest BCUT2D eigenvalue weighted by Crippen LogP contribution is -2.21. The van der Waals surface area contributed by atoms with Gasteiger partial charge in [-0.1, -0.05) is 24.3 Å². The van der Waals surface area contributed by atoms with Crippen molar-refractivity contribution in [1.29, 1.82) is 0 Å². The minimum Gasteiger partial charge on any atom is -0.493 e. The van der Waals surface area contributed by atoms with E-state index < -0.39 is 0 Å². The topological polar surface area (TPSA) is 56.8 Å². The zero-order valence-electron chi connectivity index (χ0n) is 12.9. The maximum absolute atomic E-state index is 12.0. The summed E-state index contributed by atoms with van der Waals surface area (Å²) < 4.78 is 16.0. The Morgan fingerprint density at radius 3 is 2.23 bits per heavy atom. The highest BCUT2D eigenvalue weighted by Gasteiger charge is 2.13. The molecule has 0 aliphatic rings. The molecule has 2 aromatic rings. The lowest BCUT2D eigenvalue weighted by Gasteiger charge is -2.14. The first-order valence-electron chi connectivity index (χ1n) is 6.85. The standard InChI is InChI=1S/C17H19NO4/c1-12-7-4-5-8-13(12)18-16(19)11-22-17-14(20-2)9-6-10-15(17)21-3/h4-10H,11H2,1-3H3,(H,18,19). The van der Waals surface area contributed by atoms with Gasteiger partial charge in [0.05, 0.1) is 14.2 Å². The zero-order chi connectivity index (χ0) is 15.9. The van der Waals surface area contributed by atoms with Gasteiger partial charge in [0.25, 0.3) is 5.91 Å². The summed E-state index contributed by atoms with van der Waals surface area (Å²) in [4.78, 5) is 12.0. The molecule has 22 heavy (non-hydrogen) atoms. The number of ether oxygens (including phenoxy) is 3. The second kappa shape index (κ2) is 7.36. The fraction of sp³-hybridized carbons (Fsp3) is 0.235. The zero-order valence-corrected chi connectivity index (χ0v) is 12.9. The van der Waals surface area contributed by atoms with Crippen LogP contribution in [0.2, 0.25) is 0 Å². The van der Waals surface area contributed by atoms with E-state index in [2.05, 4.69) is 5.32 Å². The fourth-order valence-corrected chi connectivity index (χ4v) is 2.00. The molecule has 0 atom stereocenters. The Labute approximate surface area is 129 Å². The number of rotatable bonds is 6. The number of para-hydroxylation sites is 2. The maximum Gasteiger partial charge on any atom is 0.262 e. The van der Waals surface area contributed by atoms with E-state index in [9.17, 15) is 4.79 Å². The van der Waals surface area contributed by atoms with Crippen LogP contribution >= 0.6 is 0 Å². The van der Waals surface area contributed by atoms with Crippen LogP contribution in [-0.2, 0) is 4.79 Å². The Kier molecular flexibility index (Phi) is 5.25. The van der Waals surface area contributed by atoms with Crippen molar-refractivity contribution in [2.45, 2.75) is 6.92 Å². The lowest BCUT2D eigenvalue weighted by atomic mass is 10.2. The normalized spacial score (nSPS) is 9.95. The summed E-state index contributed by atoms with van der Waals surface area (Å²) in [6, 6.07) is 12.8. The number of aryl methyl sites for hydroxylation is 1. The summed E-state index contributed by atoms with van der Waals surface area (Å²) in [6.45, 7) is 1.80. The number of methoxy groups -OCH3 is 2. The SMILES string of the molecule is COc1cccc(OC)c1OCC(=O)Nc1ccccc1C. The van der Waals surface area contributed by atoms with Crippen molar-refractivity contribution in [3.8, 4) is 17.2 Å². The largest absolute Gasteiger partial charge is 0.493 e. The fourth-order valence-electron chi connectivity index (χ4n) is 2.00.